The fourth-order valence-corrected chi connectivity index (χ4v) is 3.10. The maximum absolute atomic E-state index is 11.6. The third kappa shape index (κ3) is 6.32. The first kappa shape index (κ1) is 14.8. The monoisotopic (exact) mass is 260 g/mol. The minimum Gasteiger partial charge on any atom is -0.459 e. The molecule has 0 aromatic heterocycles. The number of rotatable bonds is 3. The lowest BCUT2D eigenvalue weighted by atomic mass is 10.1. The van der Waals surface area contributed by atoms with Crippen molar-refractivity contribution in [2.24, 2.45) is 0 Å². The van der Waals surface area contributed by atoms with E-state index in [-0.39, 0.29) is 17.3 Å². The molecule has 3 nitrogen and oxygen atoms in total. The van der Waals surface area contributed by atoms with Gasteiger partial charge in [0.15, 0.2) is 0 Å². The molecule has 1 N–H and O–H groups in total. The van der Waals surface area contributed by atoms with Gasteiger partial charge in [-0.2, -0.15) is 0 Å². The molecule has 100 valence electrons. The van der Waals surface area contributed by atoms with Crippen LogP contribution in [0.3, 0.4) is 0 Å². The fraction of sp³-hybridized carbons (Fsp3) is 0.923. The molecule has 0 bridgehead atoms. The summed E-state index contributed by atoms with van der Waals surface area (Å²) in [5.74, 6) is 0.165. The van der Waals surface area contributed by atoms with Crippen molar-refractivity contribution in [2.45, 2.75) is 69.8 Å². The molecule has 1 aliphatic carbocycles. The zero-order valence-corrected chi connectivity index (χ0v) is 11.9. The first-order valence-electron chi connectivity index (χ1n) is 6.40. The molecule has 1 saturated carbocycles. The van der Waals surface area contributed by atoms with Crippen molar-refractivity contribution in [1.29, 1.82) is 0 Å². The molecule has 0 aromatic carbocycles. The summed E-state index contributed by atoms with van der Waals surface area (Å²) in [6.45, 7) is 5.61. The Balaban J connectivity index is 2.31. The van der Waals surface area contributed by atoms with Crippen LogP contribution in [0.25, 0.3) is 0 Å². The molecule has 2 atom stereocenters. The predicted octanol–water partition coefficient (Wildman–Crippen LogP) is 2.75. The van der Waals surface area contributed by atoms with E-state index in [1.165, 1.54) is 6.42 Å². The third-order valence-electron chi connectivity index (χ3n) is 2.75. The maximum atomic E-state index is 11.6. The molecule has 1 rings (SSSR count). The number of carbonyl (C=O) groups is 1. The Morgan fingerprint density at radius 2 is 1.94 bits per heavy atom. The summed E-state index contributed by atoms with van der Waals surface area (Å²) in [6, 6.07) is 0. The molecule has 4 heteroatoms. The van der Waals surface area contributed by atoms with Crippen molar-refractivity contribution in [2.75, 3.05) is 5.75 Å². The van der Waals surface area contributed by atoms with Gasteiger partial charge in [0.1, 0.15) is 5.60 Å². The van der Waals surface area contributed by atoms with Crippen LogP contribution < -0.4 is 0 Å². The molecular formula is C13H24O3S. The lowest BCUT2D eigenvalue weighted by molar-refractivity contribution is -0.151. The molecule has 0 spiro atoms. The number of esters is 1. The fourth-order valence-electron chi connectivity index (χ4n) is 1.99. The summed E-state index contributed by atoms with van der Waals surface area (Å²) in [6.07, 6.45) is 5.07. The van der Waals surface area contributed by atoms with Crippen LogP contribution in [0.1, 0.15) is 52.9 Å². The number of thioether (sulfide) groups is 1. The Hall–Kier alpha value is -0.220. The molecule has 0 amide bonds. The van der Waals surface area contributed by atoms with E-state index in [1.807, 2.05) is 20.8 Å². The van der Waals surface area contributed by atoms with Gasteiger partial charge in [0.25, 0.3) is 0 Å². The summed E-state index contributed by atoms with van der Waals surface area (Å²) < 4.78 is 5.25. The molecule has 0 radical (unpaired) electrons. The van der Waals surface area contributed by atoms with Crippen molar-refractivity contribution in [1.82, 2.24) is 0 Å². The van der Waals surface area contributed by atoms with Gasteiger partial charge in [0.2, 0.25) is 0 Å². The summed E-state index contributed by atoms with van der Waals surface area (Å²) in [5.41, 5.74) is -0.417. The zero-order valence-electron chi connectivity index (χ0n) is 11.1. The van der Waals surface area contributed by atoms with Crippen LogP contribution >= 0.6 is 11.8 Å². The van der Waals surface area contributed by atoms with E-state index in [9.17, 15) is 9.90 Å². The van der Waals surface area contributed by atoms with Crippen LogP contribution in [0.15, 0.2) is 0 Å². The van der Waals surface area contributed by atoms with E-state index in [1.54, 1.807) is 11.8 Å². The average Bonchev–Trinajstić information content (AvgIpc) is 2.37. The number of aliphatic hydroxyl groups excluding tert-OH is 1. The molecule has 1 fully saturated rings. The van der Waals surface area contributed by atoms with Crippen LogP contribution in [0.4, 0.5) is 0 Å². The highest BCUT2D eigenvalue weighted by molar-refractivity contribution is 8.00. The zero-order chi connectivity index (χ0) is 12.9. The Labute approximate surface area is 108 Å². The Morgan fingerprint density at radius 3 is 2.59 bits per heavy atom. The van der Waals surface area contributed by atoms with Gasteiger partial charge in [0.05, 0.1) is 11.9 Å². The van der Waals surface area contributed by atoms with Crippen molar-refractivity contribution in [3.63, 3.8) is 0 Å². The van der Waals surface area contributed by atoms with E-state index < -0.39 is 5.60 Å². The van der Waals surface area contributed by atoms with Crippen LogP contribution in [0, 0.1) is 0 Å². The lowest BCUT2D eigenvalue weighted by Crippen LogP contribution is -2.27. The van der Waals surface area contributed by atoms with Crippen molar-refractivity contribution < 1.29 is 14.6 Å². The summed E-state index contributed by atoms with van der Waals surface area (Å²) in [5, 5.41) is 10.1. The highest BCUT2D eigenvalue weighted by Crippen LogP contribution is 2.28. The first-order valence-corrected chi connectivity index (χ1v) is 7.45. The topological polar surface area (TPSA) is 46.5 Å². The molecule has 2 unspecified atom stereocenters. The van der Waals surface area contributed by atoms with Gasteiger partial charge < -0.3 is 9.84 Å². The number of aliphatic hydroxyl groups is 1. The molecular weight excluding hydrogens is 236 g/mol. The Bertz CT molecular complexity index is 248. The molecule has 17 heavy (non-hydrogen) atoms. The van der Waals surface area contributed by atoms with Crippen LogP contribution in [0.5, 0.6) is 0 Å². The molecule has 0 saturated heterocycles. The normalized spacial score (nSPS) is 26.4. The SMILES string of the molecule is CC(C)(C)OC(=O)CSC1CCCCCC1O. The first-order chi connectivity index (χ1) is 7.88. The van der Waals surface area contributed by atoms with Gasteiger partial charge in [-0.3, -0.25) is 4.79 Å². The number of ether oxygens (including phenoxy) is 1. The minimum atomic E-state index is -0.417. The molecule has 0 aromatic rings. The lowest BCUT2D eigenvalue weighted by Gasteiger charge is -2.22. The second-order valence-corrected chi connectivity index (χ2v) is 6.87. The van der Waals surface area contributed by atoms with Gasteiger partial charge in [-0.1, -0.05) is 19.3 Å². The van der Waals surface area contributed by atoms with E-state index in [0.29, 0.717) is 5.75 Å². The van der Waals surface area contributed by atoms with Crippen molar-refractivity contribution in [3.8, 4) is 0 Å². The van der Waals surface area contributed by atoms with Crippen LogP contribution in [-0.4, -0.2) is 33.8 Å². The highest BCUT2D eigenvalue weighted by atomic mass is 32.2. The number of carbonyl (C=O) groups excluding carboxylic acids is 1. The van der Waals surface area contributed by atoms with Gasteiger partial charge in [-0.15, -0.1) is 11.8 Å². The van der Waals surface area contributed by atoms with Crippen LogP contribution in [-0.2, 0) is 9.53 Å². The van der Waals surface area contributed by atoms with Gasteiger partial charge in [-0.05, 0) is 33.6 Å². The second kappa shape index (κ2) is 6.64. The second-order valence-electron chi connectivity index (χ2n) is 5.64. The minimum absolute atomic E-state index is 0.182. The smallest absolute Gasteiger partial charge is 0.316 e. The van der Waals surface area contributed by atoms with Crippen LogP contribution in [0.2, 0.25) is 0 Å². The van der Waals surface area contributed by atoms with Gasteiger partial charge in [-0.25, -0.2) is 0 Å². The average molecular weight is 260 g/mol. The van der Waals surface area contributed by atoms with Gasteiger partial charge in [0, 0.05) is 5.25 Å². The maximum Gasteiger partial charge on any atom is 0.316 e. The quantitative estimate of drug-likeness (QED) is 0.626. The van der Waals surface area contributed by atoms with E-state index >= 15 is 0 Å². The Morgan fingerprint density at radius 1 is 1.29 bits per heavy atom. The predicted molar refractivity (Wildman–Crippen MR) is 71.2 cm³/mol. The Kier molecular flexibility index (Phi) is 5.80. The highest BCUT2D eigenvalue weighted by Gasteiger charge is 2.24. The van der Waals surface area contributed by atoms with E-state index in [4.69, 9.17) is 4.74 Å². The molecule has 0 aliphatic heterocycles. The number of hydrogen-bond acceptors (Lipinski definition) is 4. The van der Waals surface area contributed by atoms with Crippen molar-refractivity contribution in [3.05, 3.63) is 0 Å². The summed E-state index contributed by atoms with van der Waals surface area (Å²) in [4.78, 5) is 11.6. The van der Waals surface area contributed by atoms with Gasteiger partial charge >= 0.3 is 5.97 Å². The molecule has 0 heterocycles. The number of hydrogen-bond donors (Lipinski definition) is 1. The largest absolute Gasteiger partial charge is 0.459 e. The summed E-state index contributed by atoms with van der Waals surface area (Å²) >= 11 is 1.54. The standard InChI is InChI=1S/C13H24O3S/c1-13(2,3)16-12(15)9-17-11-8-6-4-5-7-10(11)14/h10-11,14H,4-9H2,1-3H3. The van der Waals surface area contributed by atoms with E-state index in [0.717, 1.165) is 25.7 Å². The third-order valence-corrected chi connectivity index (χ3v) is 4.13. The molecule has 1 aliphatic rings. The van der Waals surface area contributed by atoms with E-state index in [2.05, 4.69) is 0 Å². The summed E-state index contributed by atoms with van der Waals surface area (Å²) in [7, 11) is 0. The van der Waals surface area contributed by atoms with Crippen molar-refractivity contribution >= 4 is 17.7 Å².